The number of aliphatic carboxylic acids is 1. The molecule has 2 N–H and O–H groups in total. The summed E-state index contributed by atoms with van der Waals surface area (Å²) >= 11 is 0. The number of rotatable bonds is 6. The molecule has 2 unspecified atom stereocenters. The molecule has 1 saturated heterocycles. The molecule has 1 heterocycles. The molecule has 0 saturated carbocycles. The number of methoxy groups -OCH3 is 1. The standard InChI is InChI=1S/C10H16F3NO4/c1-17-9(2-3-18-6-9)5-14-4-7(8(15)16)10(11,12)13/h7,14H,2-6H2,1H3,(H,15,16). The van der Waals surface area contributed by atoms with Crippen molar-refractivity contribution in [3.63, 3.8) is 0 Å². The summed E-state index contributed by atoms with van der Waals surface area (Å²) in [4.78, 5) is 10.5. The predicted octanol–water partition coefficient (Wildman–Crippen LogP) is 0.645. The van der Waals surface area contributed by atoms with Crippen LogP contribution in [0.3, 0.4) is 0 Å². The lowest BCUT2D eigenvalue weighted by Crippen LogP contribution is -2.47. The third-order valence-electron chi connectivity index (χ3n) is 2.99. The van der Waals surface area contributed by atoms with Crippen LogP contribution < -0.4 is 5.32 Å². The zero-order valence-corrected chi connectivity index (χ0v) is 9.92. The maximum Gasteiger partial charge on any atom is 0.403 e. The number of hydrogen-bond acceptors (Lipinski definition) is 4. The second kappa shape index (κ2) is 5.85. The number of carboxylic acid groups (broad SMARTS) is 1. The molecule has 0 radical (unpaired) electrons. The third-order valence-corrected chi connectivity index (χ3v) is 2.99. The minimum absolute atomic E-state index is 0.128. The molecule has 0 bridgehead atoms. The fourth-order valence-corrected chi connectivity index (χ4v) is 1.75. The van der Waals surface area contributed by atoms with Crippen molar-refractivity contribution in [1.82, 2.24) is 5.32 Å². The van der Waals surface area contributed by atoms with Crippen molar-refractivity contribution in [3.8, 4) is 0 Å². The summed E-state index contributed by atoms with van der Waals surface area (Å²) < 4.78 is 47.4. The molecule has 0 amide bonds. The summed E-state index contributed by atoms with van der Waals surface area (Å²) in [6, 6.07) is 0. The second-order valence-electron chi connectivity index (χ2n) is 4.25. The Morgan fingerprint density at radius 3 is 2.67 bits per heavy atom. The Balaban J connectivity index is 2.46. The summed E-state index contributed by atoms with van der Waals surface area (Å²) in [5.74, 6) is -4.29. The molecule has 1 rings (SSSR count). The molecule has 0 aromatic rings. The highest BCUT2D eigenvalue weighted by atomic mass is 19.4. The van der Waals surface area contributed by atoms with Gasteiger partial charge in [0.2, 0.25) is 0 Å². The predicted molar refractivity (Wildman–Crippen MR) is 55.2 cm³/mol. The van der Waals surface area contributed by atoms with Gasteiger partial charge in [0.05, 0.1) is 6.61 Å². The van der Waals surface area contributed by atoms with Gasteiger partial charge in [-0.05, 0) is 0 Å². The molecule has 0 spiro atoms. The van der Waals surface area contributed by atoms with Crippen LogP contribution in [0.1, 0.15) is 6.42 Å². The van der Waals surface area contributed by atoms with Crippen LogP contribution in [0.15, 0.2) is 0 Å². The van der Waals surface area contributed by atoms with Gasteiger partial charge in [0.1, 0.15) is 5.60 Å². The summed E-state index contributed by atoms with van der Waals surface area (Å²) in [5, 5.41) is 11.0. The first-order valence-corrected chi connectivity index (χ1v) is 5.44. The first-order chi connectivity index (χ1) is 8.31. The van der Waals surface area contributed by atoms with Crippen LogP contribution in [-0.4, -0.2) is 56.3 Å². The Labute approximate surface area is 102 Å². The maximum absolute atomic E-state index is 12.4. The number of alkyl halides is 3. The van der Waals surface area contributed by atoms with Crippen molar-refractivity contribution in [2.24, 2.45) is 5.92 Å². The highest BCUT2D eigenvalue weighted by Gasteiger charge is 2.45. The van der Waals surface area contributed by atoms with Crippen molar-refractivity contribution in [1.29, 1.82) is 0 Å². The van der Waals surface area contributed by atoms with Crippen LogP contribution in [0, 0.1) is 5.92 Å². The highest BCUT2D eigenvalue weighted by molar-refractivity contribution is 5.71. The third kappa shape index (κ3) is 3.82. The van der Waals surface area contributed by atoms with Gasteiger partial charge in [-0.1, -0.05) is 0 Å². The molecule has 1 aliphatic rings. The summed E-state index contributed by atoms with van der Waals surface area (Å²) in [7, 11) is 1.45. The van der Waals surface area contributed by atoms with E-state index in [1.54, 1.807) is 0 Å². The summed E-state index contributed by atoms with van der Waals surface area (Å²) in [6.45, 7) is 0.227. The van der Waals surface area contributed by atoms with Gasteiger partial charge in [0.15, 0.2) is 5.92 Å². The van der Waals surface area contributed by atoms with Gasteiger partial charge in [-0.2, -0.15) is 13.2 Å². The fourth-order valence-electron chi connectivity index (χ4n) is 1.75. The van der Waals surface area contributed by atoms with Crippen molar-refractivity contribution < 1.29 is 32.5 Å². The number of ether oxygens (including phenoxy) is 2. The average molecular weight is 271 g/mol. The Bertz CT molecular complexity index is 289. The van der Waals surface area contributed by atoms with Crippen LogP contribution >= 0.6 is 0 Å². The van der Waals surface area contributed by atoms with E-state index in [2.05, 4.69) is 5.32 Å². The summed E-state index contributed by atoms with van der Waals surface area (Å²) in [5.41, 5.74) is -0.658. The van der Waals surface area contributed by atoms with Crippen LogP contribution in [0.4, 0.5) is 13.2 Å². The first kappa shape index (κ1) is 15.2. The lowest BCUT2D eigenvalue weighted by atomic mass is 10.0. The molecule has 0 aromatic carbocycles. The second-order valence-corrected chi connectivity index (χ2v) is 4.25. The highest BCUT2D eigenvalue weighted by Crippen LogP contribution is 2.26. The van der Waals surface area contributed by atoms with Crippen LogP contribution in [-0.2, 0) is 14.3 Å². The molecule has 8 heteroatoms. The van der Waals surface area contributed by atoms with Crippen molar-refractivity contribution in [2.45, 2.75) is 18.2 Å². The molecule has 5 nitrogen and oxygen atoms in total. The average Bonchev–Trinajstić information content (AvgIpc) is 2.71. The molecule has 2 atom stereocenters. The van der Waals surface area contributed by atoms with E-state index >= 15 is 0 Å². The Kier molecular flexibility index (Phi) is 4.94. The molecular formula is C10H16F3NO4. The van der Waals surface area contributed by atoms with E-state index in [0.717, 1.165) is 0 Å². The van der Waals surface area contributed by atoms with Crippen molar-refractivity contribution in [2.75, 3.05) is 33.4 Å². The molecule has 0 aromatic heterocycles. The minimum Gasteiger partial charge on any atom is -0.481 e. The van der Waals surface area contributed by atoms with Crippen molar-refractivity contribution >= 4 is 5.97 Å². The largest absolute Gasteiger partial charge is 0.481 e. The Hall–Kier alpha value is -0.860. The monoisotopic (exact) mass is 271 g/mol. The van der Waals surface area contributed by atoms with E-state index in [1.165, 1.54) is 7.11 Å². The fraction of sp³-hybridized carbons (Fsp3) is 0.900. The maximum atomic E-state index is 12.4. The number of halogens is 3. The van der Waals surface area contributed by atoms with E-state index in [9.17, 15) is 18.0 Å². The van der Waals surface area contributed by atoms with Gasteiger partial charge in [0, 0.05) is 33.2 Å². The van der Waals surface area contributed by atoms with Gasteiger partial charge in [0.25, 0.3) is 0 Å². The SMILES string of the molecule is COC1(CNCC(C(=O)O)C(F)(F)F)CCOC1. The van der Waals surface area contributed by atoms with Gasteiger partial charge in [-0.3, -0.25) is 4.79 Å². The smallest absolute Gasteiger partial charge is 0.403 e. The number of hydrogen-bond donors (Lipinski definition) is 2. The lowest BCUT2D eigenvalue weighted by molar-refractivity contribution is -0.192. The number of carbonyl (C=O) groups is 1. The molecule has 1 aliphatic heterocycles. The number of carboxylic acids is 1. The van der Waals surface area contributed by atoms with Gasteiger partial charge in [-0.25, -0.2) is 0 Å². The topological polar surface area (TPSA) is 67.8 Å². The zero-order chi connectivity index (χ0) is 13.8. The van der Waals surface area contributed by atoms with Gasteiger partial charge >= 0.3 is 12.1 Å². The normalized spacial score (nSPS) is 26.2. The minimum atomic E-state index is -4.76. The molecular weight excluding hydrogens is 255 g/mol. The molecule has 106 valence electrons. The van der Waals surface area contributed by atoms with Crippen LogP contribution in [0.5, 0.6) is 0 Å². The van der Waals surface area contributed by atoms with E-state index in [1.807, 2.05) is 0 Å². The molecule has 18 heavy (non-hydrogen) atoms. The van der Waals surface area contributed by atoms with Crippen molar-refractivity contribution in [3.05, 3.63) is 0 Å². The van der Waals surface area contributed by atoms with E-state index < -0.39 is 30.2 Å². The van der Waals surface area contributed by atoms with E-state index in [0.29, 0.717) is 19.6 Å². The Morgan fingerprint density at radius 1 is 1.61 bits per heavy atom. The van der Waals surface area contributed by atoms with E-state index in [-0.39, 0.29) is 6.54 Å². The van der Waals surface area contributed by atoms with E-state index in [4.69, 9.17) is 14.6 Å². The first-order valence-electron chi connectivity index (χ1n) is 5.44. The molecule has 1 fully saturated rings. The number of nitrogens with one attached hydrogen (secondary N) is 1. The van der Waals surface area contributed by atoms with Gasteiger partial charge < -0.3 is 19.9 Å². The van der Waals surface area contributed by atoms with Crippen LogP contribution in [0.2, 0.25) is 0 Å². The van der Waals surface area contributed by atoms with Gasteiger partial charge in [-0.15, -0.1) is 0 Å². The zero-order valence-electron chi connectivity index (χ0n) is 9.92. The summed E-state index contributed by atoms with van der Waals surface area (Å²) in [6.07, 6.45) is -4.19. The van der Waals surface area contributed by atoms with Crippen LogP contribution in [0.25, 0.3) is 0 Å². The Morgan fingerprint density at radius 2 is 2.28 bits per heavy atom. The quantitative estimate of drug-likeness (QED) is 0.742. The lowest BCUT2D eigenvalue weighted by Gasteiger charge is -2.27. The molecule has 0 aliphatic carbocycles.